The van der Waals surface area contributed by atoms with Crippen LogP contribution in [0.1, 0.15) is 17.2 Å². The number of hydrazine groups is 1. The molecule has 2 aromatic rings. The molecule has 0 bridgehead atoms. The molecule has 0 aliphatic rings. The molecule has 0 aromatic heterocycles. The molecule has 0 fully saturated rings. The van der Waals surface area contributed by atoms with Crippen molar-refractivity contribution in [2.75, 3.05) is 0 Å². The smallest absolute Gasteiger partial charge is 0.142 e. The van der Waals surface area contributed by atoms with Gasteiger partial charge in [0.25, 0.3) is 0 Å². The van der Waals surface area contributed by atoms with Gasteiger partial charge >= 0.3 is 0 Å². The van der Waals surface area contributed by atoms with Crippen LogP contribution in [0.15, 0.2) is 46.9 Å². The Labute approximate surface area is 118 Å². The van der Waals surface area contributed by atoms with Crippen molar-refractivity contribution in [3.05, 3.63) is 69.7 Å². The molecular formula is C14H13BrF2N2. The predicted octanol–water partition coefficient (Wildman–Crippen LogP) is 3.47. The number of nitrogens with two attached hydrogens (primary N) is 1. The van der Waals surface area contributed by atoms with Gasteiger partial charge in [-0.2, -0.15) is 0 Å². The zero-order valence-corrected chi connectivity index (χ0v) is 11.6. The summed E-state index contributed by atoms with van der Waals surface area (Å²) < 4.78 is 28.0. The summed E-state index contributed by atoms with van der Waals surface area (Å²) in [7, 11) is 0. The molecule has 0 aliphatic heterocycles. The van der Waals surface area contributed by atoms with Crippen LogP contribution < -0.4 is 11.3 Å². The van der Waals surface area contributed by atoms with Crippen molar-refractivity contribution in [2.45, 2.75) is 12.5 Å². The first kappa shape index (κ1) is 14.1. The van der Waals surface area contributed by atoms with Gasteiger partial charge in [-0.1, -0.05) is 30.3 Å². The van der Waals surface area contributed by atoms with E-state index in [1.54, 1.807) is 36.4 Å². The van der Waals surface area contributed by atoms with Gasteiger partial charge in [0.15, 0.2) is 0 Å². The lowest BCUT2D eigenvalue weighted by Gasteiger charge is -2.18. The van der Waals surface area contributed by atoms with Crippen LogP contribution in [-0.4, -0.2) is 0 Å². The van der Waals surface area contributed by atoms with Crippen LogP contribution in [0.2, 0.25) is 0 Å². The molecule has 2 aromatic carbocycles. The molecular weight excluding hydrogens is 314 g/mol. The zero-order chi connectivity index (χ0) is 13.8. The molecule has 5 heteroatoms. The van der Waals surface area contributed by atoms with Crippen LogP contribution in [0.5, 0.6) is 0 Å². The standard InChI is InChI=1S/C14H13BrF2N2/c15-11-6-3-5-10(14(11)17)13(19-18)8-9-4-1-2-7-12(9)16/h1-7,13,19H,8,18H2. The largest absolute Gasteiger partial charge is 0.271 e. The van der Waals surface area contributed by atoms with Crippen LogP contribution in [0, 0.1) is 11.6 Å². The van der Waals surface area contributed by atoms with Crippen molar-refractivity contribution in [1.29, 1.82) is 0 Å². The van der Waals surface area contributed by atoms with E-state index in [1.165, 1.54) is 6.07 Å². The topological polar surface area (TPSA) is 38.0 Å². The van der Waals surface area contributed by atoms with Gasteiger partial charge < -0.3 is 0 Å². The summed E-state index contributed by atoms with van der Waals surface area (Å²) >= 11 is 3.13. The lowest BCUT2D eigenvalue weighted by molar-refractivity contribution is 0.497. The molecule has 19 heavy (non-hydrogen) atoms. The van der Waals surface area contributed by atoms with E-state index in [2.05, 4.69) is 21.4 Å². The van der Waals surface area contributed by atoms with Crippen LogP contribution in [0.25, 0.3) is 0 Å². The summed E-state index contributed by atoms with van der Waals surface area (Å²) in [6.45, 7) is 0. The van der Waals surface area contributed by atoms with Crippen LogP contribution in [0.3, 0.4) is 0 Å². The van der Waals surface area contributed by atoms with E-state index in [0.29, 0.717) is 15.6 Å². The van der Waals surface area contributed by atoms with Gasteiger partial charge in [-0.05, 0) is 40.0 Å². The number of hydrogen-bond donors (Lipinski definition) is 2. The third-order valence-corrected chi connectivity index (χ3v) is 3.55. The van der Waals surface area contributed by atoms with E-state index in [9.17, 15) is 8.78 Å². The Balaban J connectivity index is 2.31. The summed E-state index contributed by atoms with van der Waals surface area (Å²) in [6.07, 6.45) is 0.274. The maximum Gasteiger partial charge on any atom is 0.142 e. The SMILES string of the molecule is NNC(Cc1ccccc1F)c1cccc(Br)c1F. The van der Waals surface area contributed by atoms with Gasteiger partial charge in [0.2, 0.25) is 0 Å². The van der Waals surface area contributed by atoms with Gasteiger partial charge in [-0.25, -0.2) is 8.78 Å². The van der Waals surface area contributed by atoms with E-state index in [1.807, 2.05) is 0 Å². The maximum absolute atomic E-state index is 14.0. The summed E-state index contributed by atoms with van der Waals surface area (Å²) in [4.78, 5) is 0. The summed E-state index contributed by atoms with van der Waals surface area (Å²) in [5, 5.41) is 0. The van der Waals surface area contributed by atoms with Gasteiger partial charge in [0.05, 0.1) is 10.5 Å². The maximum atomic E-state index is 14.0. The molecule has 3 N–H and O–H groups in total. The van der Waals surface area contributed by atoms with Crippen molar-refractivity contribution < 1.29 is 8.78 Å². The van der Waals surface area contributed by atoms with E-state index < -0.39 is 6.04 Å². The molecule has 0 heterocycles. The quantitative estimate of drug-likeness (QED) is 0.667. The lowest BCUT2D eigenvalue weighted by atomic mass is 9.98. The molecule has 0 aliphatic carbocycles. The lowest BCUT2D eigenvalue weighted by Crippen LogP contribution is -2.30. The van der Waals surface area contributed by atoms with Crippen molar-refractivity contribution >= 4 is 15.9 Å². The number of nitrogens with one attached hydrogen (secondary N) is 1. The molecule has 0 saturated heterocycles. The molecule has 0 spiro atoms. The van der Waals surface area contributed by atoms with E-state index in [4.69, 9.17) is 5.84 Å². The highest BCUT2D eigenvalue weighted by Crippen LogP contribution is 2.26. The minimum atomic E-state index is -0.491. The van der Waals surface area contributed by atoms with Gasteiger partial charge in [-0.15, -0.1) is 0 Å². The number of rotatable bonds is 4. The Morgan fingerprint density at radius 2 is 1.84 bits per heavy atom. The van der Waals surface area contributed by atoms with Crippen LogP contribution in [-0.2, 0) is 6.42 Å². The highest BCUT2D eigenvalue weighted by Gasteiger charge is 2.17. The minimum Gasteiger partial charge on any atom is -0.271 e. The van der Waals surface area contributed by atoms with Crippen molar-refractivity contribution in [3.63, 3.8) is 0 Å². The molecule has 2 rings (SSSR count). The first-order chi connectivity index (χ1) is 9.13. The Morgan fingerprint density at radius 1 is 1.11 bits per heavy atom. The third-order valence-electron chi connectivity index (χ3n) is 2.94. The predicted molar refractivity (Wildman–Crippen MR) is 74.3 cm³/mol. The van der Waals surface area contributed by atoms with E-state index in [-0.39, 0.29) is 18.1 Å². The third kappa shape index (κ3) is 3.18. The second-order valence-electron chi connectivity index (χ2n) is 4.16. The normalized spacial score (nSPS) is 12.4. The fourth-order valence-corrected chi connectivity index (χ4v) is 2.31. The van der Waals surface area contributed by atoms with Crippen LogP contribution in [0.4, 0.5) is 8.78 Å². The second-order valence-corrected chi connectivity index (χ2v) is 5.01. The number of halogens is 3. The van der Waals surface area contributed by atoms with Crippen molar-refractivity contribution in [1.82, 2.24) is 5.43 Å². The average Bonchev–Trinajstić information content (AvgIpc) is 2.41. The van der Waals surface area contributed by atoms with Crippen molar-refractivity contribution in [3.8, 4) is 0 Å². The Bertz CT molecular complexity index is 575. The highest BCUT2D eigenvalue weighted by molar-refractivity contribution is 9.10. The molecule has 0 saturated carbocycles. The Morgan fingerprint density at radius 3 is 2.53 bits per heavy atom. The number of hydrogen-bond acceptors (Lipinski definition) is 2. The zero-order valence-electron chi connectivity index (χ0n) is 10.0. The summed E-state index contributed by atoms with van der Waals surface area (Å²) in [5.74, 6) is 4.76. The Hall–Kier alpha value is -1.30. The van der Waals surface area contributed by atoms with Crippen LogP contribution >= 0.6 is 15.9 Å². The van der Waals surface area contributed by atoms with Crippen molar-refractivity contribution in [2.24, 2.45) is 5.84 Å². The monoisotopic (exact) mass is 326 g/mol. The molecule has 1 atom stereocenters. The first-order valence-corrected chi connectivity index (χ1v) is 6.56. The minimum absolute atomic E-state index is 0.274. The fourth-order valence-electron chi connectivity index (χ4n) is 1.93. The molecule has 1 unspecified atom stereocenters. The first-order valence-electron chi connectivity index (χ1n) is 5.77. The molecule has 2 nitrogen and oxygen atoms in total. The summed E-state index contributed by atoms with van der Waals surface area (Å²) in [5.41, 5.74) is 3.43. The van der Waals surface area contributed by atoms with Gasteiger partial charge in [0, 0.05) is 5.56 Å². The fraction of sp³-hybridized carbons (Fsp3) is 0.143. The molecule has 100 valence electrons. The van der Waals surface area contributed by atoms with Gasteiger partial charge in [0.1, 0.15) is 11.6 Å². The van der Waals surface area contributed by atoms with E-state index in [0.717, 1.165) is 0 Å². The van der Waals surface area contributed by atoms with E-state index >= 15 is 0 Å². The molecule has 0 amide bonds. The highest BCUT2D eigenvalue weighted by atomic mass is 79.9. The molecule has 0 radical (unpaired) electrons. The number of benzene rings is 2. The second kappa shape index (κ2) is 6.23. The Kier molecular flexibility index (Phi) is 4.63. The van der Waals surface area contributed by atoms with Gasteiger partial charge in [-0.3, -0.25) is 11.3 Å². The summed E-state index contributed by atoms with van der Waals surface area (Å²) in [6, 6.07) is 10.9. The average molecular weight is 327 g/mol.